The van der Waals surface area contributed by atoms with Crippen molar-refractivity contribution in [2.24, 2.45) is 5.16 Å². The van der Waals surface area contributed by atoms with Crippen molar-refractivity contribution in [3.8, 4) is 0 Å². The number of anilines is 1. The van der Waals surface area contributed by atoms with E-state index in [1.807, 2.05) is 31.2 Å². The van der Waals surface area contributed by atoms with Gasteiger partial charge in [-0.05, 0) is 49.1 Å². The molecule has 2 aromatic carbocycles. The standard InChI is InChI=1S/C21H25N3O4S/c1-17-8-3-4-9-18(17)15-22-28-16-21(25)23-19-10-7-11-20(14-19)29(26,27)24-12-5-2-6-13-24/h3-4,7-11,14-15H,2,5-6,12-13,16H2,1H3,(H,23,25)/b22-15+. The third-order valence-corrected chi connectivity index (χ3v) is 6.62. The van der Waals surface area contributed by atoms with Gasteiger partial charge in [0.05, 0.1) is 11.1 Å². The summed E-state index contributed by atoms with van der Waals surface area (Å²) >= 11 is 0. The van der Waals surface area contributed by atoms with E-state index in [0.29, 0.717) is 18.8 Å². The van der Waals surface area contributed by atoms with Crippen LogP contribution in [0.1, 0.15) is 30.4 Å². The summed E-state index contributed by atoms with van der Waals surface area (Å²) in [7, 11) is -3.55. The summed E-state index contributed by atoms with van der Waals surface area (Å²) < 4.78 is 27.0. The van der Waals surface area contributed by atoms with E-state index in [0.717, 1.165) is 30.4 Å². The van der Waals surface area contributed by atoms with Crippen LogP contribution in [-0.4, -0.2) is 44.5 Å². The van der Waals surface area contributed by atoms with E-state index in [4.69, 9.17) is 4.84 Å². The molecule has 154 valence electrons. The molecule has 1 N–H and O–H groups in total. The monoisotopic (exact) mass is 415 g/mol. The van der Waals surface area contributed by atoms with E-state index >= 15 is 0 Å². The van der Waals surface area contributed by atoms with Gasteiger partial charge in [0.25, 0.3) is 5.91 Å². The molecule has 0 spiro atoms. The first kappa shape index (κ1) is 21.0. The number of piperidine rings is 1. The predicted octanol–water partition coefficient (Wildman–Crippen LogP) is 3.16. The summed E-state index contributed by atoms with van der Waals surface area (Å²) in [5.74, 6) is -0.417. The average Bonchev–Trinajstić information content (AvgIpc) is 2.73. The first-order valence-corrected chi connectivity index (χ1v) is 11.0. The van der Waals surface area contributed by atoms with Crippen LogP contribution in [0.15, 0.2) is 58.6 Å². The number of nitrogens with one attached hydrogen (secondary N) is 1. The van der Waals surface area contributed by atoms with Gasteiger partial charge in [-0.1, -0.05) is 41.9 Å². The number of hydrogen-bond donors (Lipinski definition) is 1. The highest BCUT2D eigenvalue weighted by Crippen LogP contribution is 2.22. The first-order chi connectivity index (χ1) is 14.0. The third-order valence-electron chi connectivity index (χ3n) is 4.72. The topological polar surface area (TPSA) is 88.1 Å². The number of carbonyl (C=O) groups excluding carboxylic acids is 1. The lowest BCUT2D eigenvalue weighted by Crippen LogP contribution is -2.35. The number of aryl methyl sites for hydroxylation is 1. The van der Waals surface area contributed by atoms with Crippen LogP contribution < -0.4 is 5.32 Å². The summed E-state index contributed by atoms with van der Waals surface area (Å²) in [6, 6.07) is 14.0. The van der Waals surface area contributed by atoms with Gasteiger partial charge in [-0.3, -0.25) is 4.79 Å². The summed E-state index contributed by atoms with van der Waals surface area (Å²) in [6.07, 6.45) is 4.34. The second kappa shape index (κ2) is 9.67. The molecule has 1 amide bonds. The van der Waals surface area contributed by atoms with Crippen molar-refractivity contribution in [2.75, 3.05) is 25.0 Å². The van der Waals surface area contributed by atoms with Gasteiger partial charge in [-0.2, -0.15) is 4.31 Å². The van der Waals surface area contributed by atoms with Gasteiger partial charge in [0.2, 0.25) is 10.0 Å². The Morgan fingerprint density at radius 2 is 1.90 bits per heavy atom. The Hall–Kier alpha value is -2.71. The molecular formula is C21H25N3O4S. The largest absolute Gasteiger partial charge is 0.386 e. The zero-order chi connectivity index (χ0) is 20.7. The van der Waals surface area contributed by atoms with Crippen LogP contribution in [0.2, 0.25) is 0 Å². The Morgan fingerprint density at radius 3 is 2.66 bits per heavy atom. The number of sulfonamides is 1. The lowest BCUT2D eigenvalue weighted by Gasteiger charge is -2.26. The smallest absolute Gasteiger partial charge is 0.265 e. The zero-order valence-corrected chi connectivity index (χ0v) is 17.2. The highest BCUT2D eigenvalue weighted by molar-refractivity contribution is 7.89. The first-order valence-electron chi connectivity index (χ1n) is 9.58. The Balaban J connectivity index is 1.57. The molecule has 1 aliphatic heterocycles. The number of carbonyl (C=O) groups is 1. The molecule has 0 atom stereocenters. The molecule has 1 aliphatic rings. The minimum absolute atomic E-state index is 0.177. The summed E-state index contributed by atoms with van der Waals surface area (Å²) in [5, 5.41) is 6.46. The number of nitrogens with zero attached hydrogens (tertiary/aromatic N) is 2. The maximum atomic E-state index is 12.8. The van der Waals surface area contributed by atoms with Crippen LogP contribution >= 0.6 is 0 Å². The minimum atomic E-state index is -3.55. The van der Waals surface area contributed by atoms with E-state index in [9.17, 15) is 13.2 Å². The molecule has 0 saturated carbocycles. The van der Waals surface area contributed by atoms with E-state index in [2.05, 4.69) is 10.5 Å². The molecule has 2 aromatic rings. The summed E-state index contributed by atoms with van der Waals surface area (Å²) in [6.45, 7) is 2.75. The van der Waals surface area contributed by atoms with Crippen LogP contribution in [0.5, 0.6) is 0 Å². The van der Waals surface area contributed by atoms with E-state index in [-0.39, 0.29) is 11.5 Å². The van der Waals surface area contributed by atoms with Gasteiger partial charge in [-0.25, -0.2) is 8.42 Å². The Labute approximate surface area is 171 Å². The zero-order valence-electron chi connectivity index (χ0n) is 16.4. The van der Waals surface area contributed by atoms with Crippen molar-refractivity contribution in [3.05, 3.63) is 59.7 Å². The molecule has 0 radical (unpaired) electrons. The van der Waals surface area contributed by atoms with E-state index in [1.165, 1.54) is 10.4 Å². The third kappa shape index (κ3) is 5.65. The fourth-order valence-electron chi connectivity index (χ4n) is 3.11. The van der Waals surface area contributed by atoms with Crippen LogP contribution in [0.4, 0.5) is 5.69 Å². The van der Waals surface area contributed by atoms with Crippen LogP contribution in [-0.2, 0) is 19.7 Å². The average molecular weight is 416 g/mol. The maximum Gasteiger partial charge on any atom is 0.265 e. The summed E-state index contributed by atoms with van der Waals surface area (Å²) in [5.41, 5.74) is 2.36. The van der Waals surface area contributed by atoms with Crippen LogP contribution in [0.3, 0.4) is 0 Å². The van der Waals surface area contributed by atoms with Crippen molar-refractivity contribution in [3.63, 3.8) is 0 Å². The van der Waals surface area contributed by atoms with Gasteiger partial charge in [0.15, 0.2) is 6.61 Å². The molecular weight excluding hydrogens is 390 g/mol. The quantitative estimate of drug-likeness (QED) is 0.556. The van der Waals surface area contributed by atoms with Crippen molar-refractivity contribution >= 4 is 27.8 Å². The maximum absolute atomic E-state index is 12.8. The highest BCUT2D eigenvalue weighted by Gasteiger charge is 2.26. The Bertz CT molecular complexity index is 983. The molecule has 0 unspecified atom stereocenters. The molecule has 0 aliphatic carbocycles. The van der Waals surface area contributed by atoms with Crippen molar-refractivity contribution < 1.29 is 18.0 Å². The molecule has 29 heavy (non-hydrogen) atoms. The highest BCUT2D eigenvalue weighted by atomic mass is 32.2. The number of amides is 1. The molecule has 7 nitrogen and oxygen atoms in total. The second-order valence-electron chi connectivity index (χ2n) is 6.91. The van der Waals surface area contributed by atoms with Crippen molar-refractivity contribution in [1.29, 1.82) is 0 Å². The van der Waals surface area contributed by atoms with Crippen LogP contribution in [0, 0.1) is 6.92 Å². The summed E-state index contributed by atoms with van der Waals surface area (Å²) in [4.78, 5) is 17.3. The molecule has 1 fully saturated rings. The second-order valence-corrected chi connectivity index (χ2v) is 8.84. The molecule has 0 bridgehead atoms. The predicted molar refractivity (Wildman–Crippen MR) is 112 cm³/mol. The van der Waals surface area contributed by atoms with Crippen molar-refractivity contribution in [2.45, 2.75) is 31.1 Å². The fraction of sp³-hybridized carbons (Fsp3) is 0.333. The van der Waals surface area contributed by atoms with Gasteiger partial charge >= 0.3 is 0 Å². The molecule has 1 heterocycles. The molecule has 0 aromatic heterocycles. The van der Waals surface area contributed by atoms with E-state index in [1.54, 1.807) is 24.4 Å². The number of benzene rings is 2. The molecule has 3 rings (SSSR count). The molecule has 8 heteroatoms. The lowest BCUT2D eigenvalue weighted by molar-refractivity contribution is -0.120. The Kier molecular flexibility index (Phi) is 7.00. The fourth-order valence-corrected chi connectivity index (χ4v) is 4.67. The number of hydrogen-bond acceptors (Lipinski definition) is 5. The molecule has 1 saturated heterocycles. The van der Waals surface area contributed by atoms with Gasteiger partial charge in [-0.15, -0.1) is 0 Å². The Morgan fingerprint density at radius 1 is 1.14 bits per heavy atom. The SMILES string of the molecule is Cc1ccccc1/C=N/OCC(=O)Nc1cccc(S(=O)(=O)N2CCCCC2)c1. The van der Waals surface area contributed by atoms with Gasteiger partial charge in [0.1, 0.15) is 0 Å². The normalized spacial score (nSPS) is 15.3. The lowest BCUT2D eigenvalue weighted by atomic mass is 10.1. The number of rotatable bonds is 7. The number of oxime groups is 1. The van der Waals surface area contributed by atoms with Crippen LogP contribution in [0.25, 0.3) is 0 Å². The van der Waals surface area contributed by atoms with Gasteiger partial charge in [0, 0.05) is 18.8 Å². The van der Waals surface area contributed by atoms with Gasteiger partial charge < -0.3 is 10.2 Å². The van der Waals surface area contributed by atoms with E-state index < -0.39 is 15.9 Å². The van der Waals surface area contributed by atoms with Crippen molar-refractivity contribution in [1.82, 2.24) is 4.31 Å². The minimum Gasteiger partial charge on any atom is -0.386 e.